The topological polar surface area (TPSA) is 70.7 Å². The number of halogens is 2. The fourth-order valence-corrected chi connectivity index (χ4v) is 2.97. The van der Waals surface area contributed by atoms with Gasteiger partial charge in [0.25, 0.3) is 6.43 Å². The molecular formula is C16H20F2N4O3. The summed E-state index contributed by atoms with van der Waals surface area (Å²) in [5, 5.41) is 2.76. The van der Waals surface area contributed by atoms with Crippen molar-refractivity contribution in [3.8, 4) is 0 Å². The summed E-state index contributed by atoms with van der Waals surface area (Å²) < 4.78 is 31.5. The van der Waals surface area contributed by atoms with Gasteiger partial charge in [-0.1, -0.05) is 0 Å². The summed E-state index contributed by atoms with van der Waals surface area (Å²) in [6.07, 6.45) is -1.72. The van der Waals surface area contributed by atoms with Crippen LogP contribution in [0.2, 0.25) is 0 Å². The number of amides is 2. The average molecular weight is 354 g/mol. The van der Waals surface area contributed by atoms with Crippen molar-refractivity contribution in [3.05, 3.63) is 28.7 Å². The van der Waals surface area contributed by atoms with E-state index in [1.807, 2.05) is 0 Å². The third kappa shape index (κ3) is 3.98. The van der Waals surface area contributed by atoms with Gasteiger partial charge in [-0.25, -0.2) is 18.4 Å². The summed E-state index contributed by atoms with van der Waals surface area (Å²) in [7, 11) is 1.61. The van der Waals surface area contributed by atoms with Crippen LogP contribution in [0.1, 0.15) is 6.42 Å². The number of anilines is 1. The van der Waals surface area contributed by atoms with Gasteiger partial charge in [-0.2, -0.15) is 0 Å². The number of alkyl halides is 2. The summed E-state index contributed by atoms with van der Waals surface area (Å²) in [6.45, 7) is 1.61. The Labute approximate surface area is 142 Å². The van der Waals surface area contributed by atoms with Gasteiger partial charge in [0.15, 0.2) is 5.58 Å². The quantitative estimate of drug-likeness (QED) is 0.914. The van der Waals surface area contributed by atoms with Gasteiger partial charge in [0, 0.05) is 45.0 Å². The molecule has 2 heterocycles. The predicted molar refractivity (Wildman–Crippen MR) is 89.1 cm³/mol. The molecule has 0 spiro atoms. The van der Waals surface area contributed by atoms with Gasteiger partial charge in [0.05, 0.1) is 12.1 Å². The maximum absolute atomic E-state index is 12.5. The number of hydrogen-bond acceptors (Lipinski definition) is 4. The Morgan fingerprint density at radius 1 is 1.28 bits per heavy atom. The zero-order valence-electron chi connectivity index (χ0n) is 13.9. The van der Waals surface area contributed by atoms with Gasteiger partial charge >= 0.3 is 11.8 Å². The standard InChI is InChI=1S/C16H20F2N4O3/c1-20-12-4-3-11(9-13(12)25-16(20)24)19-15(23)22-6-2-5-21(7-8-22)10-14(17)18/h3-4,9,14H,2,5-8,10H2,1H3,(H,19,23). The number of nitrogens with zero attached hydrogens (tertiary/aromatic N) is 3. The molecule has 0 unspecified atom stereocenters. The molecule has 1 aliphatic heterocycles. The first-order chi connectivity index (χ1) is 11.9. The number of aryl methyl sites for hydroxylation is 1. The van der Waals surface area contributed by atoms with E-state index >= 15 is 0 Å². The van der Waals surface area contributed by atoms with Crippen LogP contribution in [0.25, 0.3) is 11.1 Å². The third-order valence-electron chi connectivity index (χ3n) is 4.32. The Morgan fingerprint density at radius 3 is 2.84 bits per heavy atom. The van der Waals surface area contributed by atoms with E-state index in [9.17, 15) is 18.4 Å². The molecule has 1 aromatic carbocycles. The van der Waals surface area contributed by atoms with Crippen molar-refractivity contribution in [3.63, 3.8) is 0 Å². The highest BCUT2D eigenvalue weighted by Crippen LogP contribution is 2.18. The van der Waals surface area contributed by atoms with E-state index in [0.29, 0.717) is 49.4 Å². The van der Waals surface area contributed by atoms with E-state index in [-0.39, 0.29) is 12.6 Å². The molecule has 0 radical (unpaired) electrons. The summed E-state index contributed by atoms with van der Waals surface area (Å²) >= 11 is 0. The van der Waals surface area contributed by atoms with Crippen LogP contribution in [-0.4, -0.2) is 59.5 Å². The largest absolute Gasteiger partial charge is 0.419 e. The molecule has 0 bridgehead atoms. The van der Waals surface area contributed by atoms with E-state index in [1.54, 1.807) is 35.0 Å². The molecule has 0 aliphatic carbocycles. The lowest BCUT2D eigenvalue weighted by molar-refractivity contribution is 0.0905. The van der Waals surface area contributed by atoms with Crippen LogP contribution in [0.15, 0.2) is 27.4 Å². The smallest absolute Gasteiger partial charge is 0.408 e. The third-order valence-corrected chi connectivity index (χ3v) is 4.32. The second kappa shape index (κ2) is 7.22. The first-order valence-electron chi connectivity index (χ1n) is 8.10. The molecule has 2 aromatic rings. The van der Waals surface area contributed by atoms with Crippen LogP contribution >= 0.6 is 0 Å². The average Bonchev–Trinajstić information content (AvgIpc) is 2.73. The first kappa shape index (κ1) is 17.4. The minimum atomic E-state index is -2.37. The maximum Gasteiger partial charge on any atom is 0.419 e. The molecule has 3 rings (SSSR count). The SMILES string of the molecule is Cn1c(=O)oc2cc(NC(=O)N3CCCN(CC(F)F)CC3)ccc21. The van der Waals surface area contributed by atoms with E-state index in [2.05, 4.69) is 5.32 Å². The van der Waals surface area contributed by atoms with Crippen molar-refractivity contribution >= 4 is 22.8 Å². The fraction of sp³-hybridized carbons (Fsp3) is 0.500. The van der Waals surface area contributed by atoms with Gasteiger partial charge < -0.3 is 14.6 Å². The van der Waals surface area contributed by atoms with Crippen LogP contribution in [0.3, 0.4) is 0 Å². The molecule has 1 fully saturated rings. The lowest BCUT2D eigenvalue weighted by Crippen LogP contribution is -2.38. The molecule has 25 heavy (non-hydrogen) atoms. The molecule has 1 saturated heterocycles. The molecule has 2 amide bonds. The van der Waals surface area contributed by atoms with Crippen LogP contribution in [-0.2, 0) is 7.05 Å². The zero-order valence-corrected chi connectivity index (χ0v) is 13.9. The van der Waals surface area contributed by atoms with Crippen molar-refractivity contribution in [2.75, 3.05) is 38.0 Å². The Balaban J connectivity index is 1.64. The number of oxazole rings is 1. The van der Waals surface area contributed by atoms with Gasteiger partial charge in [-0.15, -0.1) is 0 Å². The minimum absolute atomic E-state index is 0.265. The summed E-state index contributed by atoms with van der Waals surface area (Å²) in [5.74, 6) is -0.467. The Morgan fingerprint density at radius 2 is 2.08 bits per heavy atom. The van der Waals surface area contributed by atoms with Crippen molar-refractivity contribution < 1.29 is 18.0 Å². The maximum atomic E-state index is 12.5. The minimum Gasteiger partial charge on any atom is -0.408 e. The number of nitrogens with one attached hydrogen (secondary N) is 1. The molecule has 9 heteroatoms. The fourth-order valence-electron chi connectivity index (χ4n) is 2.97. The van der Waals surface area contributed by atoms with Crippen molar-refractivity contribution in [2.24, 2.45) is 7.05 Å². The van der Waals surface area contributed by atoms with Crippen LogP contribution in [0.5, 0.6) is 0 Å². The van der Waals surface area contributed by atoms with E-state index in [1.165, 1.54) is 4.57 Å². The molecule has 7 nitrogen and oxygen atoms in total. The van der Waals surface area contributed by atoms with Crippen LogP contribution in [0, 0.1) is 0 Å². The second-order valence-electron chi connectivity index (χ2n) is 6.07. The van der Waals surface area contributed by atoms with Crippen molar-refractivity contribution in [2.45, 2.75) is 12.8 Å². The molecule has 1 aromatic heterocycles. The van der Waals surface area contributed by atoms with Gasteiger partial charge in [0.2, 0.25) is 0 Å². The number of aromatic nitrogens is 1. The Kier molecular flexibility index (Phi) is 5.03. The number of carbonyl (C=O) groups excluding carboxylic acids is 1. The molecule has 136 valence electrons. The first-order valence-corrected chi connectivity index (χ1v) is 8.10. The highest BCUT2D eigenvalue weighted by molar-refractivity contribution is 5.91. The van der Waals surface area contributed by atoms with Crippen molar-refractivity contribution in [1.82, 2.24) is 14.4 Å². The molecule has 1 aliphatic rings. The summed E-state index contributed by atoms with van der Waals surface area (Å²) in [6, 6.07) is 4.69. The summed E-state index contributed by atoms with van der Waals surface area (Å²) in [4.78, 5) is 27.2. The van der Waals surface area contributed by atoms with E-state index < -0.39 is 12.2 Å². The predicted octanol–water partition coefficient (Wildman–Crippen LogP) is 1.94. The Bertz CT molecular complexity index is 817. The highest BCUT2D eigenvalue weighted by atomic mass is 19.3. The lowest BCUT2D eigenvalue weighted by Gasteiger charge is -2.22. The van der Waals surface area contributed by atoms with Crippen LogP contribution < -0.4 is 11.1 Å². The van der Waals surface area contributed by atoms with Gasteiger partial charge in [-0.3, -0.25) is 9.47 Å². The number of carbonyl (C=O) groups is 1. The van der Waals surface area contributed by atoms with Gasteiger partial charge in [0.1, 0.15) is 0 Å². The normalized spacial score (nSPS) is 16.4. The van der Waals surface area contributed by atoms with Gasteiger partial charge in [-0.05, 0) is 18.6 Å². The highest BCUT2D eigenvalue weighted by Gasteiger charge is 2.21. The zero-order chi connectivity index (χ0) is 18.0. The van der Waals surface area contributed by atoms with E-state index in [0.717, 1.165) is 0 Å². The molecular weight excluding hydrogens is 334 g/mol. The lowest BCUT2D eigenvalue weighted by atomic mass is 10.3. The summed E-state index contributed by atoms with van der Waals surface area (Å²) in [5.41, 5.74) is 1.55. The van der Waals surface area contributed by atoms with Crippen LogP contribution in [0.4, 0.5) is 19.3 Å². The second-order valence-corrected chi connectivity index (χ2v) is 6.07. The molecule has 0 saturated carbocycles. The molecule has 0 atom stereocenters. The Hall–Kier alpha value is -2.42. The molecule has 1 N–H and O–H groups in total. The van der Waals surface area contributed by atoms with Crippen molar-refractivity contribution in [1.29, 1.82) is 0 Å². The van der Waals surface area contributed by atoms with E-state index in [4.69, 9.17) is 4.42 Å². The number of rotatable bonds is 3. The number of benzene rings is 1. The number of urea groups is 1. The monoisotopic (exact) mass is 354 g/mol. The number of fused-ring (bicyclic) bond motifs is 1. The number of hydrogen-bond donors (Lipinski definition) is 1.